The number of esters is 1. The van der Waals surface area contributed by atoms with Crippen molar-refractivity contribution >= 4 is 29.2 Å². The molecule has 0 spiro atoms. The van der Waals surface area contributed by atoms with Gasteiger partial charge in [-0.25, -0.2) is 4.79 Å². The van der Waals surface area contributed by atoms with Gasteiger partial charge in [0.1, 0.15) is 5.54 Å². The molecule has 0 saturated carbocycles. The highest BCUT2D eigenvalue weighted by Crippen LogP contribution is 2.19. The number of benzene rings is 1. The van der Waals surface area contributed by atoms with Crippen LogP contribution in [0.25, 0.3) is 0 Å². The summed E-state index contributed by atoms with van der Waals surface area (Å²) in [6.07, 6.45) is 0. The average Bonchev–Trinajstić information content (AvgIpc) is 2.44. The predicted octanol–water partition coefficient (Wildman–Crippen LogP) is 2.13. The molecule has 118 valence electrons. The van der Waals surface area contributed by atoms with Crippen molar-refractivity contribution in [2.24, 2.45) is 5.92 Å². The zero-order valence-electron chi connectivity index (χ0n) is 12.6. The molecule has 1 aromatic rings. The first-order valence-electron chi connectivity index (χ1n) is 6.64. The van der Waals surface area contributed by atoms with Gasteiger partial charge in [-0.05, 0) is 31.0 Å². The van der Waals surface area contributed by atoms with Crippen LogP contribution in [-0.2, 0) is 9.53 Å². The van der Waals surface area contributed by atoms with Crippen LogP contribution in [0.1, 0.15) is 31.1 Å². The van der Waals surface area contributed by atoms with E-state index >= 15 is 0 Å². The van der Waals surface area contributed by atoms with E-state index in [1.54, 1.807) is 6.92 Å². The summed E-state index contributed by atoms with van der Waals surface area (Å²) < 4.78 is 4.90. The lowest BCUT2D eigenvalue weighted by atomic mass is 9.90. The van der Waals surface area contributed by atoms with E-state index in [2.05, 4.69) is 5.32 Å². The van der Waals surface area contributed by atoms with Crippen LogP contribution >= 0.6 is 11.6 Å². The Labute approximate surface area is 134 Å². The molecule has 0 bridgehead atoms. The van der Waals surface area contributed by atoms with Gasteiger partial charge in [0.15, 0.2) is 6.61 Å². The standard InChI is InChI=1S/C15H18ClN3O3/c1-9(2)15(3,8-17)19-13(20)7-22-14(21)11-5-4-10(16)6-12(11)18/h4-6,9H,7,18H2,1-3H3,(H,19,20)/t15-/m0/s1. The summed E-state index contributed by atoms with van der Waals surface area (Å²) >= 11 is 5.74. The SMILES string of the molecule is CC(C)[C@](C)(C#N)NC(=O)COC(=O)c1ccc(Cl)cc1N. The van der Waals surface area contributed by atoms with Crippen molar-refractivity contribution < 1.29 is 14.3 Å². The Morgan fingerprint density at radius 3 is 2.64 bits per heavy atom. The largest absolute Gasteiger partial charge is 0.452 e. The summed E-state index contributed by atoms with van der Waals surface area (Å²) in [7, 11) is 0. The zero-order chi connectivity index (χ0) is 16.9. The fourth-order valence-corrected chi connectivity index (χ4v) is 1.74. The van der Waals surface area contributed by atoms with Gasteiger partial charge >= 0.3 is 5.97 Å². The number of nitrogens with one attached hydrogen (secondary N) is 1. The number of carbonyl (C=O) groups is 2. The smallest absolute Gasteiger partial charge is 0.340 e. The number of anilines is 1. The van der Waals surface area contributed by atoms with Crippen LogP contribution in [-0.4, -0.2) is 24.0 Å². The molecule has 0 aliphatic heterocycles. The second kappa shape index (κ2) is 7.14. The Bertz CT molecular complexity index is 625. The molecule has 1 amide bonds. The molecule has 0 saturated heterocycles. The number of amides is 1. The number of halogens is 1. The lowest BCUT2D eigenvalue weighted by molar-refractivity contribution is -0.125. The van der Waals surface area contributed by atoms with Crippen molar-refractivity contribution in [2.45, 2.75) is 26.3 Å². The quantitative estimate of drug-likeness (QED) is 0.638. The molecule has 3 N–H and O–H groups in total. The third-order valence-electron chi connectivity index (χ3n) is 3.35. The normalized spacial score (nSPS) is 13.1. The van der Waals surface area contributed by atoms with Crippen molar-refractivity contribution in [2.75, 3.05) is 12.3 Å². The Kier molecular flexibility index (Phi) is 5.77. The summed E-state index contributed by atoms with van der Waals surface area (Å²) in [4.78, 5) is 23.7. The maximum Gasteiger partial charge on any atom is 0.340 e. The van der Waals surface area contributed by atoms with E-state index in [4.69, 9.17) is 27.3 Å². The van der Waals surface area contributed by atoms with Gasteiger partial charge in [-0.2, -0.15) is 5.26 Å². The minimum atomic E-state index is -1.03. The number of hydrogen-bond donors (Lipinski definition) is 2. The van der Waals surface area contributed by atoms with Crippen molar-refractivity contribution in [3.8, 4) is 6.07 Å². The van der Waals surface area contributed by atoms with Gasteiger partial charge in [-0.3, -0.25) is 4.79 Å². The van der Waals surface area contributed by atoms with Crippen molar-refractivity contribution in [1.29, 1.82) is 5.26 Å². The Hall–Kier alpha value is -2.26. The second-order valence-electron chi connectivity index (χ2n) is 5.32. The fourth-order valence-electron chi connectivity index (χ4n) is 1.56. The molecule has 0 radical (unpaired) electrons. The van der Waals surface area contributed by atoms with Gasteiger partial charge < -0.3 is 15.8 Å². The number of nitriles is 1. The minimum Gasteiger partial charge on any atom is -0.452 e. The summed E-state index contributed by atoms with van der Waals surface area (Å²) in [5.74, 6) is -1.38. The average molecular weight is 324 g/mol. The lowest BCUT2D eigenvalue weighted by Crippen LogP contribution is -2.50. The topological polar surface area (TPSA) is 105 Å². The van der Waals surface area contributed by atoms with Crippen molar-refractivity contribution in [3.05, 3.63) is 28.8 Å². The zero-order valence-corrected chi connectivity index (χ0v) is 13.4. The highest BCUT2D eigenvalue weighted by Gasteiger charge is 2.30. The van der Waals surface area contributed by atoms with E-state index in [9.17, 15) is 9.59 Å². The molecule has 0 aromatic heterocycles. The van der Waals surface area contributed by atoms with Gasteiger partial charge in [-0.1, -0.05) is 25.4 Å². The van der Waals surface area contributed by atoms with Gasteiger partial charge in [0.25, 0.3) is 5.91 Å². The summed E-state index contributed by atoms with van der Waals surface area (Å²) in [5.41, 5.74) is 4.94. The molecule has 1 rings (SSSR count). The van der Waals surface area contributed by atoms with Crippen LogP contribution in [0, 0.1) is 17.2 Å². The predicted molar refractivity (Wildman–Crippen MR) is 83.1 cm³/mol. The van der Waals surface area contributed by atoms with Crippen molar-refractivity contribution in [3.63, 3.8) is 0 Å². The number of nitrogen functional groups attached to an aromatic ring is 1. The minimum absolute atomic E-state index is 0.0935. The van der Waals surface area contributed by atoms with E-state index in [1.807, 2.05) is 19.9 Å². The molecular formula is C15H18ClN3O3. The first-order valence-corrected chi connectivity index (χ1v) is 7.02. The molecule has 0 aliphatic rings. The molecule has 1 atom stereocenters. The monoisotopic (exact) mass is 323 g/mol. The highest BCUT2D eigenvalue weighted by atomic mass is 35.5. The maximum atomic E-state index is 11.9. The molecular weight excluding hydrogens is 306 g/mol. The van der Waals surface area contributed by atoms with E-state index < -0.39 is 24.0 Å². The Balaban J connectivity index is 2.65. The Morgan fingerprint density at radius 2 is 2.14 bits per heavy atom. The first kappa shape index (κ1) is 17.8. The maximum absolute atomic E-state index is 11.9. The van der Waals surface area contributed by atoms with Crippen LogP contribution in [0.3, 0.4) is 0 Å². The summed E-state index contributed by atoms with van der Waals surface area (Å²) in [5, 5.41) is 12.1. The third kappa shape index (κ3) is 4.37. The number of ether oxygens (including phenoxy) is 1. The van der Waals surface area contributed by atoms with Gasteiger partial charge in [0, 0.05) is 10.7 Å². The number of nitrogens with two attached hydrogens (primary N) is 1. The first-order chi connectivity index (χ1) is 10.2. The van der Waals surface area contributed by atoms with Crippen LogP contribution in [0.2, 0.25) is 5.02 Å². The summed E-state index contributed by atoms with van der Waals surface area (Å²) in [6, 6.07) is 6.38. The van der Waals surface area contributed by atoms with Crippen LogP contribution in [0.15, 0.2) is 18.2 Å². The van der Waals surface area contributed by atoms with Gasteiger partial charge in [0.2, 0.25) is 0 Å². The molecule has 1 aromatic carbocycles. The van der Waals surface area contributed by atoms with E-state index in [0.29, 0.717) is 5.02 Å². The molecule has 0 heterocycles. The molecule has 0 aliphatic carbocycles. The van der Waals surface area contributed by atoms with Crippen LogP contribution in [0.5, 0.6) is 0 Å². The molecule has 0 fully saturated rings. The molecule has 7 heteroatoms. The van der Waals surface area contributed by atoms with E-state index in [0.717, 1.165) is 0 Å². The number of rotatable bonds is 5. The molecule has 6 nitrogen and oxygen atoms in total. The third-order valence-corrected chi connectivity index (χ3v) is 3.59. The molecule has 22 heavy (non-hydrogen) atoms. The highest BCUT2D eigenvalue weighted by molar-refractivity contribution is 6.31. The number of carbonyl (C=O) groups excluding carboxylic acids is 2. The van der Waals surface area contributed by atoms with Crippen LogP contribution in [0.4, 0.5) is 5.69 Å². The summed E-state index contributed by atoms with van der Waals surface area (Å²) in [6.45, 7) is 4.73. The van der Waals surface area contributed by atoms with Gasteiger partial charge in [-0.15, -0.1) is 0 Å². The van der Waals surface area contributed by atoms with Gasteiger partial charge in [0.05, 0.1) is 11.6 Å². The number of nitrogens with zero attached hydrogens (tertiary/aromatic N) is 1. The second-order valence-corrected chi connectivity index (χ2v) is 5.76. The molecule has 0 unspecified atom stereocenters. The van der Waals surface area contributed by atoms with Crippen molar-refractivity contribution in [1.82, 2.24) is 5.32 Å². The van der Waals surface area contributed by atoms with E-state index in [-0.39, 0.29) is 17.2 Å². The fraction of sp³-hybridized carbons (Fsp3) is 0.400. The Morgan fingerprint density at radius 1 is 1.50 bits per heavy atom. The van der Waals surface area contributed by atoms with Crippen LogP contribution < -0.4 is 11.1 Å². The van der Waals surface area contributed by atoms with E-state index in [1.165, 1.54) is 18.2 Å². The number of hydrogen-bond acceptors (Lipinski definition) is 5. The lowest BCUT2D eigenvalue weighted by Gasteiger charge is -2.27.